The van der Waals surface area contributed by atoms with Gasteiger partial charge in [0, 0.05) is 38.0 Å². The van der Waals surface area contributed by atoms with E-state index >= 15 is 0 Å². The van der Waals surface area contributed by atoms with Crippen molar-refractivity contribution in [2.45, 2.75) is 31.9 Å². The van der Waals surface area contributed by atoms with E-state index in [2.05, 4.69) is 30.4 Å². The van der Waals surface area contributed by atoms with E-state index in [9.17, 15) is 4.79 Å². The smallest absolute Gasteiger partial charge is 0.317 e. The second-order valence-electron chi connectivity index (χ2n) is 6.41. The van der Waals surface area contributed by atoms with Crippen molar-refractivity contribution in [2.75, 3.05) is 51.8 Å². The second kappa shape index (κ2) is 8.25. The molecule has 0 spiro atoms. The van der Waals surface area contributed by atoms with Crippen LogP contribution in [0.5, 0.6) is 0 Å². The van der Waals surface area contributed by atoms with Crippen LogP contribution in [0.2, 0.25) is 0 Å². The number of thioether (sulfide) groups is 1. The first kappa shape index (κ1) is 16.9. The number of amides is 2. The van der Waals surface area contributed by atoms with Gasteiger partial charge in [-0.05, 0) is 39.0 Å². The van der Waals surface area contributed by atoms with E-state index in [-0.39, 0.29) is 18.2 Å². The predicted molar refractivity (Wildman–Crippen MR) is 87.9 cm³/mol. The number of urea groups is 1. The Hall–Kier alpha value is -0.460. The summed E-state index contributed by atoms with van der Waals surface area (Å²) in [6.45, 7) is 6.17. The molecule has 122 valence electrons. The van der Waals surface area contributed by atoms with Crippen molar-refractivity contribution in [1.29, 1.82) is 0 Å². The number of morpholine rings is 1. The predicted octanol–water partition coefficient (Wildman–Crippen LogP) is 1.49. The molecule has 2 atom stereocenters. The summed E-state index contributed by atoms with van der Waals surface area (Å²) in [5.41, 5.74) is 0. The number of nitrogens with one attached hydrogen (secondary N) is 1. The Morgan fingerprint density at radius 1 is 1.48 bits per heavy atom. The lowest BCUT2D eigenvalue weighted by Gasteiger charge is -2.35. The molecular formula is C15H29N3O2S. The summed E-state index contributed by atoms with van der Waals surface area (Å²) < 4.78 is 5.82. The lowest BCUT2D eigenvalue weighted by Crippen LogP contribution is -2.53. The van der Waals surface area contributed by atoms with E-state index in [1.165, 1.54) is 12.8 Å². The summed E-state index contributed by atoms with van der Waals surface area (Å²) >= 11 is 1.75. The van der Waals surface area contributed by atoms with Gasteiger partial charge in [-0.15, -0.1) is 0 Å². The maximum absolute atomic E-state index is 12.2. The molecule has 2 amide bonds. The summed E-state index contributed by atoms with van der Waals surface area (Å²) in [5, 5.41) is 3.06. The molecule has 0 aromatic carbocycles. The van der Waals surface area contributed by atoms with Gasteiger partial charge in [-0.3, -0.25) is 0 Å². The lowest BCUT2D eigenvalue weighted by atomic mass is 10.2. The number of carbonyl (C=O) groups is 1. The fourth-order valence-corrected chi connectivity index (χ4v) is 3.35. The number of rotatable bonds is 7. The zero-order valence-electron chi connectivity index (χ0n) is 13.5. The number of hydrogen-bond acceptors (Lipinski definition) is 4. The average molecular weight is 315 g/mol. The maximum Gasteiger partial charge on any atom is 0.317 e. The van der Waals surface area contributed by atoms with Crippen LogP contribution in [0.4, 0.5) is 4.79 Å². The quantitative estimate of drug-likeness (QED) is 0.773. The molecule has 1 aliphatic heterocycles. The zero-order chi connectivity index (χ0) is 15.2. The minimum absolute atomic E-state index is 0.0506. The van der Waals surface area contributed by atoms with Gasteiger partial charge in [0.05, 0.1) is 12.7 Å². The highest BCUT2D eigenvalue weighted by molar-refractivity contribution is 7.98. The maximum atomic E-state index is 12.2. The van der Waals surface area contributed by atoms with Crippen LogP contribution in [-0.4, -0.2) is 79.8 Å². The normalized spacial score (nSPS) is 24.2. The van der Waals surface area contributed by atoms with Crippen LogP contribution in [0.3, 0.4) is 0 Å². The van der Waals surface area contributed by atoms with E-state index in [0.29, 0.717) is 19.7 Å². The fraction of sp³-hybridized carbons (Fsp3) is 0.933. The molecule has 6 heteroatoms. The monoisotopic (exact) mass is 315 g/mol. The molecule has 0 radical (unpaired) electrons. The Bertz CT molecular complexity index is 339. The van der Waals surface area contributed by atoms with Gasteiger partial charge in [0.25, 0.3) is 0 Å². The number of likely N-dealkylation sites (N-methyl/N-ethyl adjacent to an activating group) is 1. The molecular weight excluding hydrogens is 286 g/mol. The van der Waals surface area contributed by atoms with Crippen LogP contribution >= 0.6 is 11.8 Å². The molecule has 1 heterocycles. The second-order valence-corrected chi connectivity index (χ2v) is 7.32. The van der Waals surface area contributed by atoms with E-state index in [1.54, 1.807) is 11.8 Å². The zero-order valence-corrected chi connectivity index (χ0v) is 14.3. The first-order valence-corrected chi connectivity index (χ1v) is 9.32. The van der Waals surface area contributed by atoms with Crippen molar-refractivity contribution in [2.24, 2.45) is 5.92 Å². The number of carbonyl (C=O) groups excluding carboxylic acids is 1. The Kier molecular flexibility index (Phi) is 6.64. The molecule has 0 aromatic heterocycles. The Balaban J connectivity index is 1.72. The van der Waals surface area contributed by atoms with Crippen LogP contribution in [-0.2, 0) is 4.74 Å². The highest BCUT2D eigenvalue weighted by Crippen LogP contribution is 2.29. The van der Waals surface area contributed by atoms with E-state index < -0.39 is 0 Å². The van der Waals surface area contributed by atoms with Gasteiger partial charge < -0.3 is 19.9 Å². The first-order valence-electron chi connectivity index (χ1n) is 7.93. The van der Waals surface area contributed by atoms with Crippen molar-refractivity contribution in [3.63, 3.8) is 0 Å². The average Bonchev–Trinajstić information content (AvgIpc) is 3.23. The van der Waals surface area contributed by atoms with Gasteiger partial charge in [-0.2, -0.15) is 11.8 Å². The summed E-state index contributed by atoms with van der Waals surface area (Å²) in [4.78, 5) is 16.5. The van der Waals surface area contributed by atoms with Gasteiger partial charge in [0.15, 0.2) is 0 Å². The van der Waals surface area contributed by atoms with Crippen LogP contribution in [0.25, 0.3) is 0 Å². The van der Waals surface area contributed by atoms with E-state index in [4.69, 9.17) is 4.74 Å². The molecule has 0 unspecified atom stereocenters. The molecule has 1 N–H and O–H groups in total. The van der Waals surface area contributed by atoms with Crippen molar-refractivity contribution >= 4 is 17.8 Å². The third-order valence-corrected chi connectivity index (χ3v) is 4.83. The molecule has 1 saturated carbocycles. The highest BCUT2D eigenvalue weighted by Gasteiger charge is 2.28. The first-order chi connectivity index (χ1) is 10.1. The summed E-state index contributed by atoms with van der Waals surface area (Å²) in [6, 6.07) is 0.265. The van der Waals surface area contributed by atoms with Gasteiger partial charge in [0.1, 0.15) is 0 Å². The van der Waals surface area contributed by atoms with Crippen molar-refractivity contribution in [1.82, 2.24) is 15.1 Å². The van der Waals surface area contributed by atoms with Crippen molar-refractivity contribution < 1.29 is 9.53 Å². The molecule has 0 aromatic rings. The molecule has 1 saturated heterocycles. The topological polar surface area (TPSA) is 44.8 Å². The number of nitrogens with zero attached hydrogens (tertiary/aromatic N) is 2. The third-order valence-electron chi connectivity index (χ3n) is 3.99. The van der Waals surface area contributed by atoms with Crippen LogP contribution < -0.4 is 5.32 Å². The van der Waals surface area contributed by atoms with Crippen molar-refractivity contribution in [3.8, 4) is 0 Å². The number of ether oxygens (including phenoxy) is 1. The molecule has 0 bridgehead atoms. The summed E-state index contributed by atoms with van der Waals surface area (Å²) in [5.74, 6) is 1.84. The van der Waals surface area contributed by atoms with Gasteiger partial charge in [0.2, 0.25) is 0 Å². The Morgan fingerprint density at radius 3 is 2.90 bits per heavy atom. The molecule has 2 fully saturated rings. The SMILES string of the molecule is CSC[C@H](C)NC(=O)N1CCO[C@@H](CN(C)CC2CC2)C1. The Morgan fingerprint density at radius 2 is 2.24 bits per heavy atom. The van der Waals surface area contributed by atoms with Gasteiger partial charge in [-0.25, -0.2) is 4.79 Å². The minimum Gasteiger partial charge on any atom is -0.373 e. The van der Waals surface area contributed by atoms with Crippen LogP contribution in [0.15, 0.2) is 0 Å². The minimum atomic E-state index is 0.0506. The largest absolute Gasteiger partial charge is 0.373 e. The van der Waals surface area contributed by atoms with Crippen LogP contribution in [0, 0.1) is 5.92 Å². The molecule has 1 aliphatic carbocycles. The van der Waals surface area contributed by atoms with Gasteiger partial charge in [-0.1, -0.05) is 0 Å². The van der Waals surface area contributed by atoms with Crippen LogP contribution in [0.1, 0.15) is 19.8 Å². The Labute approximate surface area is 132 Å². The van der Waals surface area contributed by atoms with Crippen molar-refractivity contribution in [3.05, 3.63) is 0 Å². The molecule has 5 nitrogen and oxygen atoms in total. The fourth-order valence-electron chi connectivity index (χ4n) is 2.77. The highest BCUT2D eigenvalue weighted by atomic mass is 32.2. The number of hydrogen-bond donors (Lipinski definition) is 1. The summed E-state index contributed by atoms with van der Waals surface area (Å²) in [6.07, 6.45) is 4.95. The molecule has 21 heavy (non-hydrogen) atoms. The van der Waals surface area contributed by atoms with E-state index in [0.717, 1.165) is 24.8 Å². The molecule has 2 rings (SSSR count). The molecule has 2 aliphatic rings. The standard InChI is InChI=1S/C15H29N3O2S/c1-12(11-21-3)16-15(19)18-6-7-20-14(10-18)9-17(2)8-13-4-5-13/h12-14H,4-11H2,1-3H3,(H,16,19)/t12-,14-/m0/s1. The van der Waals surface area contributed by atoms with E-state index in [1.807, 2.05) is 4.90 Å². The van der Waals surface area contributed by atoms with Gasteiger partial charge >= 0.3 is 6.03 Å². The third kappa shape index (κ3) is 6.04. The summed E-state index contributed by atoms with van der Waals surface area (Å²) in [7, 11) is 2.15. The lowest BCUT2D eigenvalue weighted by molar-refractivity contribution is -0.0279.